The van der Waals surface area contributed by atoms with Crippen LogP contribution < -0.4 is 5.32 Å². The summed E-state index contributed by atoms with van der Waals surface area (Å²) in [5, 5.41) is 12.7. The highest BCUT2D eigenvalue weighted by molar-refractivity contribution is 5.79. The molecule has 0 bridgehead atoms. The summed E-state index contributed by atoms with van der Waals surface area (Å²) in [5.74, 6) is 0.116. The zero-order valence-electron chi connectivity index (χ0n) is 14.1. The Balaban J connectivity index is 1.96. The van der Waals surface area contributed by atoms with E-state index in [2.05, 4.69) is 31.0 Å². The van der Waals surface area contributed by atoms with E-state index in [-0.39, 0.29) is 0 Å². The van der Waals surface area contributed by atoms with Gasteiger partial charge in [0, 0.05) is 6.04 Å². The summed E-state index contributed by atoms with van der Waals surface area (Å²) in [6, 6.07) is 0.434. The van der Waals surface area contributed by atoms with Gasteiger partial charge in [-0.3, -0.25) is 4.79 Å². The highest BCUT2D eigenvalue weighted by atomic mass is 16.4. The standard InChI is InChI=1S/C17H32N2O2/c1-16(2,3)13-7-10-19(11-8-13)14-6-5-9-17(12-14,18-4)15(20)21/h13-14,18H,5-12H2,1-4H3,(H,20,21). The molecule has 2 fully saturated rings. The molecule has 0 radical (unpaired) electrons. The fourth-order valence-electron chi connectivity index (χ4n) is 4.22. The van der Waals surface area contributed by atoms with Gasteiger partial charge in [0.25, 0.3) is 0 Å². The monoisotopic (exact) mass is 296 g/mol. The molecule has 4 nitrogen and oxygen atoms in total. The Bertz CT molecular complexity index is 369. The number of carboxylic acid groups (broad SMARTS) is 1. The van der Waals surface area contributed by atoms with Crippen molar-refractivity contribution in [2.75, 3.05) is 20.1 Å². The molecular weight excluding hydrogens is 264 g/mol. The van der Waals surface area contributed by atoms with Crippen LogP contribution >= 0.6 is 0 Å². The third-order valence-corrected chi connectivity index (χ3v) is 5.88. The average molecular weight is 296 g/mol. The molecule has 0 aromatic rings. The van der Waals surface area contributed by atoms with Gasteiger partial charge in [-0.2, -0.15) is 0 Å². The van der Waals surface area contributed by atoms with Crippen molar-refractivity contribution in [1.82, 2.24) is 10.2 Å². The number of carbonyl (C=O) groups is 1. The third-order valence-electron chi connectivity index (χ3n) is 5.88. The summed E-state index contributed by atoms with van der Waals surface area (Å²) in [7, 11) is 1.79. The van der Waals surface area contributed by atoms with Crippen molar-refractivity contribution in [3.05, 3.63) is 0 Å². The van der Waals surface area contributed by atoms with Crippen LogP contribution in [-0.2, 0) is 4.79 Å². The number of carboxylic acids is 1. The van der Waals surface area contributed by atoms with Crippen molar-refractivity contribution < 1.29 is 9.90 Å². The van der Waals surface area contributed by atoms with Crippen LogP contribution in [-0.4, -0.2) is 47.7 Å². The number of hydrogen-bond donors (Lipinski definition) is 2. The lowest BCUT2D eigenvalue weighted by Gasteiger charge is -2.46. The first-order chi connectivity index (χ1) is 9.78. The van der Waals surface area contributed by atoms with Crippen molar-refractivity contribution in [3.63, 3.8) is 0 Å². The van der Waals surface area contributed by atoms with E-state index in [0.717, 1.165) is 44.7 Å². The SMILES string of the molecule is CNC1(C(=O)O)CCCC(N2CCC(C(C)(C)C)CC2)C1. The van der Waals surface area contributed by atoms with Crippen molar-refractivity contribution in [2.24, 2.45) is 11.3 Å². The maximum absolute atomic E-state index is 11.6. The maximum atomic E-state index is 11.6. The average Bonchev–Trinajstić information content (AvgIpc) is 2.46. The van der Waals surface area contributed by atoms with Crippen LogP contribution in [0.5, 0.6) is 0 Å². The summed E-state index contributed by atoms with van der Waals surface area (Å²) >= 11 is 0. The number of likely N-dealkylation sites (tertiary alicyclic amines) is 1. The molecular formula is C17H32N2O2. The number of nitrogens with one attached hydrogen (secondary N) is 1. The zero-order valence-corrected chi connectivity index (χ0v) is 14.1. The first-order valence-corrected chi connectivity index (χ1v) is 8.45. The van der Waals surface area contributed by atoms with Gasteiger partial charge in [0.2, 0.25) is 0 Å². The smallest absolute Gasteiger partial charge is 0.323 e. The lowest BCUT2D eigenvalue weighted by Crippen LogP contribution is -2.58. The van der Waals surface area contributed by atoms with Gasteiger partial charge in [0.05, 0.1) is 0 Å². The topological polar surface area (TPSA) is 52.6 Å². The summed E-state index contributed by atoms with van der Waals surface area (Å²) in [5.41, 5.74) is -0.307. The van der Waals surface area contributed by atoms with Crippen molar-refractivity contribution >= 4 is 5.97 Å². The van der Waals surface area contributed by atoms with E-state index in [1.807, 2.05) is 0 Å². The predicted octanol–water partition coefficient (Wildman–Crippen LogP) is 2.73. The number of piperidine rings is 1. The maximum Gasteiger partial charge on any atom is 0.323 e. The molecule has 2 aliphatic rings. The molecule has 2 rings (SSSR count). The molecule has 2 atom stereocenters. The van der Waals surface area contributed by atoms with E-state index >= 15 is 0 Å². The van der Waals surface area contributed by atoms with E-state index in [1.54, 1.807) is 7.05 Å². The Labute approximate surface area is 129 Å². The Kier molecular flexibility index (Phi) is 4.99. The summed E-state index contributed by atoms with van der Waals surface area (Å²) in [6.45, 7) is 9.28. The minimum atomic E-state index is -0.705. The van der Waals surface area contributed by atoms with Crippen molar-refractivity contribution in [1.29, 1.82) is 0 Å². The molecule has 4 heteroatoms. The molecule has 1 heterocycles. The largest absolute Gasteiger partial charge is 0.480 e. The van der Waals surface area contributed by atoms with E-state index in [4.69, 9.17) is 0 Å². The number of nitrogens with zero attached hydrogens (tertiary/aromatic N) is 1. The Morgan fingerprint density at radius 1 is 1.24 bits per heavy atom. The zero-order chi connectivity index (χ0) is 15.7. The minimum Gasteiger partial charge on any atom is -0.480 e. The second kappa shape index (κ2) is 6.25. The molecule has 122 valence electrons. The number of hydrogen-bond acceptors (Lipinski definition) is 3. The molecule has 0 amide bonds. The Morgan fingerprint density at radius 3 is 2.33 bits per heavy atom. The Morgan fingerprint density at radius 2 is 1.86 bits per heavy atom. The number of rotatable bonds is 3. The Hall–Kier alpha value is -0.610. The van der Waals surface area contributed by atoms with Gasteiger partial charge in [-0.15, -0.1) is 0 Å². The second-order valence-corrected chi connectivity index (χ2v) is 8.06. The molecule has 21 heavy (non-hydrogen) atoms. The summed E-state index contributed by atoms with van der Waals surface area (Å²) in [6.07, 6.45) is 6.17. The first-order valence-electron chi connectivity index (χ1n) is 8.45. The number of aliphatic carboxylic acids is 1. The van der Waals surface area contributed by atoms with Crippen LogP contribution in [0, 0.1) is 11.3 Å². The van der Waals surface area contributed by atoms with Gasteiger partial charge in [-0.05, 0) is 70.0 Å². The normalized spacial score (nSPS) is 33.0. The third kappa shape index (κ3) is 3.59. The van der Waals surface area contributed by atoms with Gasteiger partial charge in [0.15, 0.2) is 0 Å². The van der Waals surface area contributed by atoms with Crippen molar-refractivity contribution in [3.8, 4) is 0 Å². The molecule has 2 unspecified atom stereocenters. The first kappa shape index (κ1) is 16.8. The lowest BCUT2D eigenvalue weighted by atomic mass is 9.73. The van der Waals surface area contributed by atoms with Crippen molar-refractivity contribution in [2.45, 2.75) is 70.9 Å². The quantitative estimate of drug-likeness (QED) is 0.841. The van der Waals surface area contributed by atoms with Crippen LogP contribution in [0.3, 0.4) is 0 Å². The molecule has 0 spiro atoms. The van der Waals surface area contributed by atoms with Crippen LogP contribution in [0.2, 0.25) is 0 Å². The fourth-order valence-corrected chi connectivity index (χ4v) is 4.22. The highest BCUT2D eigenvalue weighted by Crippen LogP contribution is 2.37. The highest BCUT2D eigenvalue weighted by Gasteiger charge is 2.44. The molecule has 1 saturated heterocycles. The van der Waals surface area contributed by atoms with Gasteiger partial charge in [0.1, 0.15) is 5.54 Å². The molecule has 1 saturated carbocycles. The van der Waals surface area contributed by atoms with Gasteiger partial charge < -0.3 is 15.3 Å². The van der Waals surface area contributed by atoms with Gasteiger partial charge in [-0.1, -0.05) is 20.8 Å². The summed E-state index contributed by atoms with van der Waals surface area (Å²) < 4.78 is 0. The second-order valence-electron chi connectivity index (χ2n) is 8.06. The summed E-state index contributed by atoms with van der Waals surface area (Å²) in [4.78, 5) is 14.2. The lowest BCUT2D eigenvalue weighted by molar-refractivity contribution is -0.147. The van der Waals surface area contributed by atoms with Crippen LogP contribution in [0.1, 0.15) is 59.3 Å². The van der Waals surface area contributed by atoms with E-state index in [1.165, 1.54) is 12.8 Å². The van der Waals surface area contributed by atoms with Crippen LogP contribution in [0.15, 0.2) is 0 Å². The van der Waals surface area contributed by atoms with Gasteiger partial charge in [-0.25, -0.2) is 0 Å². The van der Waals surface area contributed by atoms with E-state index in [0.29, 0.717) is 11.5 Å². The van der Waals surface area contributed by atoms with Crippen LogP contribution in [0.25, 0.3) is 0 Å². The molecule has 1 aliphatic carbocycles. The number of likely N-dealkylation sites (N-methyl/N-ethyl adjacent to an activating group) is 1. The molecule has 0 aromatic heterocycles. The van der Waals surface area contributed by atoms with Crippen LogP contribution in [0.4, 0.5) is 0 Å². The van der Waals surface area contributed by atoms with Gasteiger partial charge >= 0.3 is 5.97 Å². The molecule has 2 N–H and O–H groups in total. The van der Waals surface area contributed by atoms with E-state index in [9.17, 15) is 9.90 Å². The van der Waals surface area contributed by atoms with E-state index < -0.39 is 11.5 Å². The molecule has 1 aliphatic heterocycles. The fraction of sp³-hybridized carbons (Fsp3) is 0.941. The minimum absolute atomic E-state index is 0.397. The molecule has 0 aromatic carbocycles. The predicted molar refractivity (Wildman–Crippen MR) is 85.4 cm³/mol.